The van der Waals surface area contributed by atoms with Gasteiger partial charge < -0.3 is 4.74 Å². The van der Waals surface area contributed by atoms with E-state index in [1.54, 1.807) is 0 Å². The highest BCUT2D eigenvalue weighted by molar-refractivity contribution is 5.36. The maximum atomic E-state index is 12.4. The summed E-state index contributed by atoms with van der Waals surface area (Å²) in [6, 6.07) is 2.80. The lowest BCUT2D eigenvalue weighted by Gasteiger charge is -2.19. The molecular formula is C8H4F5NO3. The van der Waals surface area contributed by atoms with E-state index in [0.29, 0.717) is 12.1 Å². The molecule has 0 amide bonds. The van der Waals surface area contributed by atoms with Crippen molar-refractivity contribution in [3.8, 4) is 5.75 Å². The van der Waals surface area contributed by atoms with Gasteiger partial charge in [-0.3, -0.25) is 10.1 Å². The first kappa shape index (κ1) is 13.1. The fraction of sp³-hybridized carbons (Fsp3) is 0.250. The highest BCUT2D eigenvalue weighted by Crippen LogP contribution is 2.37. The van der Waals surface area contributed by atoms with Crippen LogP contribution in [0.25, 0.3) is 0 Å². The number of hydrogen-bond donors (Lipinski definition) is 0. The second kappa shape index (κ2) is 4.15. The lowest BCUT2D eigenvalue weighted by atomic mass is 10.3. The van der Waals surface area contributed by atoms with Gasteiger partial charge in [0.25, 0.3) is 5.69 Å². The van der Waals surface area contributed by atoms with Crippen LogP contribution >= 0.6 is 0 Å². The summed E-state index contributed by atoms with van der Waals surface area (Å²) in [7, 11) is 0. The first-order valence-electron chi connectivity index (χ1n) is 4.01. The van der Waals surface area contributed by atoms with E-state index in [9.17, 15) is 32.1 Å². The van der Waals surface area contributed by atoms with Gasteiger partial charge in [-0.05, 0) is 12.1 Å². The number of benzene rings is 1. The standard InChI is InChI=1S/C8H4F5NO3/c9-7(10,11)8(12,13)17-6-3-1-5(2-4-6)14(15)16/h1-4H. The van der Waals surface area contributed by atoms with E-state index in [1.165, 1.54) is 0 Å². The van der Waals surface area contributed by atoms with Gasteiger partial charge in [0.05, 0.1) is 4.92 Å². The Labute approximate surface area is 90.8 Å². The highest BCUT2D eigenvalue weighted by atomic mass is 19.4. The predicted molar refractivity (Wildman–Crippen MR) is 44.7 cm³/mol. The summed E-state index contributed by atoms with van der Waals surface area (Å²) in [4.78, 5) is 9.37. The first-order valence-corrected chi connectivity index (χ1v) is 4.01. The molecule has 0 bridgehead atoms. The molecule has 1 rings (SSSR count). The third kappa shape index (κ3) is 3.02. The number of hydrogen-bond acceptors (Lipinski definition) is 3. The molecule has 0 atom stereocenters. The van der Waals surface area contributed by atoms with Crippen molar-refractivity contribution in [2.45, 2.75) is 12.3 Å². The highest BCUT2D eigenvalue weighted by Gasteiger charge is 2.61. The van der Waals surface area contributed by atoms with Crippen molar-refractivity contribution < 1.29 is 31.6 Å². The van der Waals surface area contributed by atoms with E-state index in [4.69, 9.17) is 0 Å². The largest absolute Gasteiger partial charge is 0.499 e. The van der Waals surface area contributed by atoms with Gasteiger partial charge in [0.15, 0.2) is 0 Å². The number of ether oxygens (including phenoxy) is 1. The van der Waals surface area contributed by atoms with Crippen molar-refractivity contribution >= 4 is 5.69 Å². The van der Waals surface area contributed by atoms with Crippen molar-refractivity contribution in [3.63, 3.8) is 0 Å². The molecule has 0 spiro atoms. The number of nitrogens with zero attached hydrogens (tertiary/aromatic N) is 1. The van der Waals surface area contributed by atoms with Gasteiger partial charge in [-0.25, -0.2) is 0 Å². The zero-order valence-electron chi connectivity index (χ0n) is 7.87. The van der Waals surface area contributed by atoms with Gasteiger partial charge in [-0.15, -0.1) is 0 Å². The van der Waals surface area contributed by atoms with Crippen LogP contribution in [0, 0.1) is 10.1 Å². The molecule has 0 aliphatic rings. The summed E-state index contributed by atoms with van der Waals surface area (Å²) in [5.74, 6) is -0.821. The zero-order valence-corrected chi connectivity index (χ0v) is 7.87. The second-order valence-corrected chi connectivity index (χ2v) is 2.87. The Kier molecular flexibility index (Phi) is 3.21. The smallest absolute Gasteiger partial charge is 0.426 e. The van der Waals surface area contributed by atoms with Crippen LogP contribution in [0.15, 0.2) is 24.3 Å². The number of non-ortho nitro benzene ring substituents is 1. The molecule has 9 heteroatoms. The van der Waals surface area contributed by atoms with E-state index in [-0.39, 0.29) is 0 Å². The Hall–Kier alpha value is -1.93. The number of rotatable bonds is 3. The van der Waals surface area contributed by atoms with Gasteiger partial charge in [-0.2, -0.15) is 22.0 Å². The van der Waals surface area contributed by atoms with Crippen molar-refractivity contribution in [1.29, 1.82) is 0 Å². The Morgan fingerprint density at radius 1 is 1.06 bits per heavy atom. The van der Waals surface area contributed by atoms with Crippen LogP contribution in [-0.2, 0) is 0 Å². The SMILES string of the molecule is O=[N+]([O-])c1ccc(OC(F)(F)C(F)(F)F)cc1. The molecule has 0 saturated heterocycles. The van der Waals surface area contributed by atoms with E-state index in [0.717, 1.165) is 12.1 Å². The fourth-order valence-electron chi connectivity index (χ4n) is 0.842. The van der Waals surface area contributed by atoms with Crippen molar-refractivity contribution in [2.75, 3.05) is 0 Å². The molecule has 0 radical (unpaired) electrons. The molecule has 0 heterocycles. The van der Waals surface area contributed by atoms with Gasteiger partial charge >= 0.3 is 12.3 Å². The van der Waals surface area contributed by atoms with E-state index in [2.05, 4.69) is 4.74 Å². The molecule has 4 nitrogen and oxygen atoms in total. The average molecular weight is 257 g/mol. The van der Waals surface area contributed by atoms with Crippen molar-refractivity contribution in [1.82, 2.24) is 0 Å². The molecule has 17 heavy (non-hydrogen) atoms. The Balaban J connectivity index is 2.86. The lowest BCUT2D eigenvalue weighted by molar-refractivity contribution is -0.385. The molecule has 0 unspecified atom stereocenters. The predicted octanol–water partition coefficient (Wildman–Crippen LogP) is 3.13. The molecule has 94 valence electrons. The molecule has 1 aromatic rings. The molecule has 0 aliphatic carbocycles. The summed E-state index contributed by atoms with van der Waals surface area (Å²) in [5, 5.41) is 10.2. The van der Waals surface area contributed by atoms with Crippen molar-refractivity contribution in [2.24, 2.45) is 0 Å². The molecular weight excluding hydrogens is 253 g/mol. The van der Waals surface area contributed by atoms with E-state index >= 15 is 0 Å². The summed E-state index contributed by atoms with van der Waals surface area (Å²) >= 11 is 0. The third-order valence-electron chi connectivity index (χ3n) is 1.62. The van der Waals surface area contributed by atoms with Gasteiger partial charge in [0.2, 0.25) is 0 Å². The van der Waals surface area contributed by atoms with Crippen LogP contribution in [0.3, 0.4) is 0 Å². The van der Waals surface area contributed by atoms with Gasteiger partial charge in [0.1, 0.15) is 5.75 Å². The molecule has 1 aromatic carbocycles. The number of nitro benzene ring substituents is 1. The van der Waals surface area contributed by atoms with Crippen LogP contribution in [0.4, 0.5) is 27.6 Å². The van der Waals surface area contributed by atoms with Crippen LogP contribution in [-0.4, -0.2) is 17.2 Å². The molecule has 0 aromatic heterocycles. The second-order valence-electron chi connectivity index (χ2n) is 2.87. The topological polar surface area (TPSA) is 52.4 Å². The van der Waals surface area contributed by atoms with Crippen LogP contribution in [0.2, 0.25) is 0 Å². The monoisotopic (exact) mass is 257 g/mol. The maximum Gasteiger partial charge on any atom is 0.499 e. The Morgan fingerprint density at radius 3 is 1.88 bits per heavy atom. The minimum atomic E-state index is -5.85. The number of alkyl halides is 5. The quantitative estimate of drug-likeness (QED) is 0.475. The molecule has 0 saturated carbocycles. The fourth-order valence-corrected chi connectivity index (χ4v) is 0.842. The number of nitro groups is 1. The first-order chi connectivity index (χ1) is 7.63. The van der Waals surface area contributed by atoms with Gasteiger partial charge in [-0.1, -0.05) is 0 Å². The average Bonchev–Trinajstić information content (AvgIpc) is 2.16. The van der Waals surface area contributed by atoms with E-state index < -0.39 is 28.6 Å². The van der Waals surface area contributed by atoms with Crippen molar-refractivity contribution in [3.05, 3.63) is 34.4 Å². The minimum absolute atomic E-state index is 0.451. The minimum Gasteiger partial charge on any atom is -0.426 e. The Bertz CT molecular complexity index is 414. The molecule has 0 fully saturated rings. The Morgan fingerprint density at radius 2 is 1.53 bits per heavy atom. The molecule has 0 aliphatic heterocycles. The summed E-state index contributed by atoms with van der Waals surface area (Å²) in [5.41, 5.74) is -0.451. The van der Waals surface area contributed by atoms with Crippen LogP contribution < -0.4 is 4.74 Å². The normalized spacial score (nSPS) is 12.3. The zero-order chi connectivity index (χ0) is 13.3. The third-order valence-corrected chi connectivity index (χ3v) is 1.62. The maximum absolute atomic E-state index is 12.4. The summed E-state index contributed by atoms with van der Waals surface area (Å²) < 4.78 is 63.4. The lowest BCUT2D eigenvalue weighted by Crippen LogP contribution is -2.41. The number of halogens is 5. The molecule has 0 N–H and O–H groups in total. The summed E-state index contributed by atoms with van der Waals surface area (Å²) in [6.07, 6.45) is -11.2. The van der Waals surface area contributed by atoms with Gasteiger partial charge in [0, 0.05) is 12.1 Å². The van der Waals surface area contributed by atoms with E-state index in [1.807, 2.05) is 0 Å². The van der Waals surface area contributed by atoms with Crippen LogP contribution in [0.1, 0.15) is 0 Å². The summed E-state index contributed by atoms with van der Waals surface area (Å²) in [6.45, 7) is 0. The van der Waals surface area contributed by atoms with Crippen LogP contribution in [0.5, 0.6) is 5.75 Å².